The Kier molecular flexibility index (Phi) is 8.28. The van der Waals surface area contributed by atoms with Gasteiger partial charge in [0.1, 0.15) is 5.76 Å². The van der Waals surface area contributed by atoms with Crippen molar-refractivity contribution >= 4 is 29.2 Å². The van der Waals surface area contributed by atoms with Crippen LogP contribution in [0.5, 0.6) is 0 Å². The van der Waals surface area contributed by atoms with E-state index in [-0.39, 0.29) is 11.9 Å². The molecule has 1 aliphatic carbocycles. The van der Waals surface area contributed by atoms with Crippen molar-refractivity contribution in [3.05, 3.63) is 35.6 Å². The Morgan fingerprint density at radius 1 is 1.17 bits per heavy atom. The number of esters is 1. The highest BCUT2D eigenvalue weighted by molar-refractivity contribution is 6.01. The van der Waals surface area contributed by atoms with E-state index in [0.717, 1.165) is 56.0 Å². The van der Waals surface area contributed by atoms with Crippen LogP contribution in [0.4, 0.5) is 22.0 Å². The molecule has 1 saturated carbocycles. The molecule has 4 rings (SSSR count). The van der Waals surface area contributed by atoms with Gasteiger partial charge in [0.05, 0.1) is 24.9 Å². The monoisotopic (exact) mass is 484 g/mol. The summed E-state index contributed by atoms with van der Waals surface area (Å²) in [6.45, 7) is 6.27. The van der Waals surface area contributed by atoms with Crippen LogP contribution in [0.2, 0.25) is 0 Å². The minimum Gasteiger partial charge on any atom is -0.469 e. The number of carbonyl (C=O) groups excluding carboxylic acids is 2. The minimum atomic E-state index is -0.393. The van der Waals surface area contributed by atoms with E-state index in [2.05, 4.69) is 39.7 Å². The molecule has 0 bridgehead atoms. The van der Waals surface area contributed by atoms with Crippen LogP contribution < -0.4 is 15.5 Å². The zero-order valence-corrected chi connectivity index (χ0v) is 20.8. The lowest BCUT2D eigenvalue weighted by Crippen LogP contribution is -2.41. The van der Waals surface area contributed by atoms with Gasteiger partial charge in [-0.1, -0.05) is 18.1 Å². The van der Waals surface area contributed by atoms with Crippen LogP contribution in [-0.4, -0.2) is 50.1 Å². The minimum absolute atomic E-state index is 0.00161. The van der Waals surface area contributed by atoms with Crippen LogP contribution >= 0.6 is 0 Å². The SMILES string of the molecule is CCC(CC(=O)OC)c1ccc(N(CC2CC2)C2CCOCC2)c(NC(=O)Nc2cc(C)on2)c1. The summed E-state index contributed by atoms with van der Waals surface area (Å²) in [4.78, 5) is 27.4. The first-order valence-electron chi connectivity index (χ1n) is 12.5. The Morgan fingerprint density at radius 2 is 1.94 bits per heavy atom. The fourth-order valence-corrected chi connectivity index (χ4v) is 4.66. The molecule has 2 amide bonds. The number of hydrogen-bond acceptors (Lipinski definition) is 7. The largest absolute Gasteiger partial charge is 0.469 e. The molecule has 2 aliphatic rings. The maximum Gasteiger partial charge on any atom is 0.325 e. The highest BCUT2D eigenvalue weighted by Crippen LogP contribution is 2.39. The Bertz CT molecular complexity index is 1010. The van der Waals surface area contributed by atoms with Crippen molar-refractivity contribution in [3.63, 3.8) is 0 Å². The molecule has 35 heavy (non-hydrogen) atoms. The number of hydrogen-bond donors (Lipinski definition) is 2. The third-order valence-corrected chi connectivity index (χ3v) is 6.84. The second kappa shape index (κ2) is 11.6. The third kappa shape index (κ3) is 6.75. The number of nitrogens with zero attached hydrogens (tertiary/aromatic N) is 2. The number of ether oxygens (including phenoxy) is 2. The quantitative estimate of drug-likeness (QED) is 0.453. The summed E-state index contributed by atoms with van der Waals surface area (Å²) in [6.07, 6.45) is 5.47. The van der Waals surface area contributed by atoms with Crippen molar-refractivity contribution < 1.29 is 23.6 Å². The summed E-state index contributed by atoms with van der Waals surface area (Å²) < 4.78 is 15.6. The summed E-state index contributed by atoms with van der Waals surface area (Å²) in [5.41, 5.74) is 2.70. The summed E-state index contributed by atoms with van der Waals surface area (Å²) >= 11 is 0. The number of anilines is 3. The van der Waals surface area contributed by atoms with Gasteiger partial charge < -0.3 is 24.2 Å². The van der Waals surface area contributed by atoms with Crippen molar-refractivity contribution in [3.8, 4) is 0 Å². The molecule has 9 nitrogen and oxygen atoms in total. The average molecular weight is 485 g/mol. The second-order valence-electron chi connectivity index (χ2n) is 9.50. The molecule has 1 atom stereocenters. The zero-order chi connectivity index (χ0) is 24.8. The number of amides is 2. The molecule has 2 N–H and O–H groups in total. The standard InChI is InChI=1S/C26H36N4O5/c1-4-19(15-25(31)33-3)20-7-8-23(30(16-18-5-6-18)21-9-11-34-12-10-21)22(14-20)27-26(32)28-24-13-17(2)35-29-24/h7-8,13-14,18-19,21H,4-6,9-12,15-16H2,1-3H3,(H2,27,28,29,32). The third-order valence-electron chi connectivity index (χ3n) is 6.84. The van der Waals surface area contributed by atoms with Gasteiger partial charge in [-0.2, -0.15) is 0 Å². The van der Waals surface area contributed by atoms with Gasteiger partial charge in [-0.3, -0.25) is 10.1 Å². The molecule has 2 aromatic rings. The first-order chi connectivity index (χ1) is 17.0. The van der Waals surface area contributed by atoms with Gasteiger partial charge >= 0.3 is 12.0 Å². The van der Waals surface area contributed by atoms with E-state index in [9.17, 15) is 9.59 Å². The number of aryl methyl sites for hydroxylation is 1. The summed E-state index contributed by atoms with van der Waals surface area (Å²) in [5, 5.41) is 9.65. The maximum atomic E-state index is 12.9. The first-order valence-corrected chi connectivity index (χ1v) is 12.5. The van der Waals surface area contributed by atoms with Crippen molar-refractivity contribution in [2.45, 2.75) is 64.3 Å². The van der Waals surface area contributed by atoms with Gasteiger partial charge in [-0.15, -0.1) is 0 Å². The predicted molar refractivity (Wildman–Crippen MR) is 134 cm³/mol. The van der Waals surface area contributed by atoms with E-state index >= 15 is 0 Å². The van der Waals surface area contributed by atoms with Crippen LogP contribution in [-0.2, 0) is 14.3 Å². The van der Waals surface area contributed by atoms with Gasteiger partial charge in [0.25, 0.3) is 0 Å². The number of benzene rings is 1. The first kappa shape index (κ1) is 25.0. The number of nitrogens with one attached hydrogen (secondary N) is 2. The Morgan fingerprint density at radius 3 is 2.57 bits per heavy atom. The molecule has 9 heteroatoms. The normalized spacial score (nSPS) is 17.0. The maximum absolute atomic E-state index is 12.9. The van der Waals surface area contributed by atoms with Crippen LogP contribution in [0.1, 0.15) is 62.7 Å². The topological polar surface area (TPSA) is 106 Å². The molecule has 1 aliphatic heterocycles. The van der Waals surface area contributed by atoms with Crippen LogP contribution in [0, 0.1) is 12.8 Å². The second-order valence-corrected chi connectivity index (χ2v) is 9.50. The van der Waals surface area contributed by atoms with E-state index < -0.39 is 6.03 Å². The summed E-state index contributed by atoms with van der Waals surface area (Å²) in [7, 11) is 1.41. The molecule has 0 radical (unpaired) electrons. The number of aromatic nitrogens is 1. The molecule has 1 saturated heterocycles. The van der Waals surface area contributed by atoms with Crippen LogP contribution in [0.3, 0.4) is 0 Å². The fraction of sp³-hybridized carbons (Fsp3) is 0.577. The van der Waals surface area contributed by atoms with Crippen molar-refractivity contribution in [1.29, 1.82) is 0 Å². The predicted octanol–water partition coefficient (Wildman–Crippen LogP) is 5.08. The smallest absolute Gasteiger partial charge is 0.325 e. The number of urea groups is 1. The molecular formula is C26H36N4O5. The molecule has 1 aromatic heterocycles. The number of rotatable bonds is 10. The van der Waals surface area contributed by atoms with E-state index in [1.165, 1.54) is 20.0 Å². The molecule has 2 heterocycles. The molecule has 1 aromatic carbocycles. The lowest BCUT2D eigenvalue weighted by Gasteiger charge is -2.37. The lowest BCUT2D eigenvalue weighted by molar-refractivity contribution is -0.141. The molecule has 1 unspecified atom stereocenters. The van der Waals surface area contributed by atoms with E-state index in [1.54, 1.807) is 13.0 Å². The van der Waals surface area contributed by atoms with Gasteiger partial charge in [-0.05, 0) is 68.6 Å². The molecule has 190 valence electrons. The highest BCUT2D eigenvalue weighted by atomic mass is 16.5. The summed E-state index contributed by atoms with van der Waals surface area (Å²) in [5.74, 6) is 1.41. The van der Waals surface area contributed by atoms with Crippen LogP contribution in [0.15, 0.2) is 28.8 Å². The highest BCUT2D eigenvalue weighted by Gasteiger charge is 2.31. The van der Waals surface area contributed by atoms with E-state index in [0.29, 0.717) is 30.0 Å². The van der Waals surface area contributed by atoms with Gasteiger partial charge in [0.15, 0.2) is 5.82 Å². The Hall–Kier alpha value is -3.07. The van der Waals surface area contributed by atoms with E-state index in [4.69, 9.17) is 14.0 Å². The van der Waals surface area contributed by atoms with Gasteiger partial charge in [0.2, 0.25) is 0 Å². The van der Waals surface area contributed by atoms with Gasteiger partial charge in [0, 0.05) is 31.9 Å². The summed E-state index contributed by atoms with van der Waals surface area (Å²) in [6, 6.07) is 7.80. The Labute approximate surface area is 206 Å². The fourth-order valence-electron chi connectivity index (χ4n) is 4.66. The molecule has 0 spiro atoms. The average Bonchev–Trinajstić information content (AvgIpc) is 3.60. The lowest BCUT2D eigenvalue weighted by atomic mass is 9.92. The van der Waals surface area contributed by atoms with Crippen LogP contribution in [0.25, 0.3) is 0 Å². The van der Waals surface area contributed by atoms with Gasteiger partial charge in [-0.25, -0.2) is 4.79 Å². The van der Waals surface area contributed by atoms with Crippen molar-refractivity contribution in [2.75, 3.05) is 42.4 Å². The van der Waals surface area contributed by atoms with Crippen molar-refractivity contribution in [2.24, 2.45) is 5.92 Å². The molecular weight excluding hydrogens is 448 g/mol. The molecule has 2 fully saturated rings. The Balaban J connectivity index is 1.64. The number of carbonyl (C=O) groups is 2. The number of methoxy groups -OCH3 is 1. The van der Waals surface area contributed by atoms with Crippen molar-refractivity contribution in [1.82, 2.24) is 5.16 Å². The zero-order valence-electron chi connectivity index (χ0n) is 20.8. The van der Waals surface area contributed by atoms with E-state index in [1.807, 2.05) is 6.07 Å².